The van der Waals surface area contributed by atoms with Crippen molar-refractivity contribution >= 4 is 38.4 Å². The predicted molar refractivity (Wildman–Crippen MR) is 110 cm³/mol. The van der Waals surface area contributed by atoms with Crippen molar-refractivity contribution in [3.8, 4) is 5.75 Å². The minimum absolute atomic E-state index is 0.0112. The van der Waals surface area contributed by atoms with Crippen molar-refractivity contribution in [2.24, 2.45) is 9.98 Å². The van der Waals surface area contributed by atoms with Crippen molar-refractivity contribution in [3.05, 3.63) is 52.8 Å². The van der Waals surface area contributed by atoms with E-state index in [2.05, 4.69) is 9.98 Å². The summed E-state index contributed by atoms with van der Waals surface area (Å²) < 4.78 is 80.4. The summed E-state index contributed by atoms with van der Waals surface area (Å²) in [5.41, 5.74) is 0.278. The summed E-state index contributed by atoms with van der Waals surface area (Å²) in [6.45, 7) is 0.591. The van der Waals surface area contributed by atoms with Gasteiger partial charge in [-0.15, -0.1) is 0 Å². The average molecular weight is 470 g/mol. The van der Waals surface area contributed by atoms with E-state index in [1.54, 1.807) is 4.90 Å². The quantitative estimate of drug-likeness (QED) is 0.636. The summed E-state index contributed by atoms with van der Waals surface area (Å²) in [7, 11) is -3.47. The third-order valence-corrected chi connectivity index (χ3v) is 6.61. The second kappa shape index (κ2) is 8.17. The zero-order chi connectivity index (χ0) is 22.3. The first-order valence-electron chi connectivity index (χ1n) is 8.96. The number of fused-ring (bicyclic) bond motifs is 1. The second-order valence-corrected chi connectivity index (χ2v) is 9.04. The van der Waals surface area contributed by atoms with Crippen molar-refractivity contribution < 1.29 is 30.9 Å². The van der Waals surface area contributed by atoms with Crippen LogP contribution in [0.15, 0.2) is 45.2 Å². The molecule has 2 aliphatic heterocycles. The zero-order valence-corrected chi connectivity index (χ0v) is 17.6. The monoisotopic (exact) mass is 470 g/mol. The first-order valence-corrected chi connectivity index (χ1v) is 11.4. The Morgan fingerprint density at radius 1 is 1.19 bits per heavy atom. The molecule has 2 heterocycles. The van der Waals surface area contributed by atoms with E-state index in [-0.39, 0.29) is 23.7 Å². The van der Waals surface area contributed by atoms with Gasteiger partial charge in [0.2, 0.25) is 0 Å². The smallest absolute Gasteiger partial charge is 0.266 e. The molecule has 0 aromatic heterocycles. The minimum Gasteiger partial charge on any atom is -0.744 e. The van der Waals surface area contributed by atoms with E-state index in [1.165, 1.54) is 31.0 Å². The largest absolute Gasteiger partial charge is 0.744 e. The number of hydrogen-bond acceptors (Lipinski definition) is 8. The van der Waals surface area contributed by atoms with E-state index in [0.717, 1.165) is 24.0 Å². The van der Waals surface area contributed by atoms with Crippen LogP contribution in [0.1, 0.15) is 23.1 Å². The molecular formula is C19H15F3N3O4S2-. The molecule has 0 aliphatic carbocycles. The lowest BCUT2D eigenvalue weighted by Crippen LogP contribution is -2.34. The fraction of sp³-hybridized carbons (Fsp3) is 0.263. The third kappa shape index (κ3) is 4.02. The lowest BCUT2D eigenvalue weighted by atomic mass is 9.96. The average Bonchev–Trinajstić information content (AvgIpc) is 3.26. The number of benzene rings is 2. The number of anilines is 1. The van der Waals surface area contributed by atoms with Gasteiger partial charge in [0.25, 0.3) is 6.43 Å². The highest BCUT2D eigenvalue weighted by Crippen LogP contribution is 2.37. The van der Waals surface area contributed by atoms with Crippen LogP contribution in [0.3, 0.4) is 0 Å². The molecule has 12 heteroatoms. The van der Waals surface area contributed by atoms with Gasteiger partial charge in [0.05, 0.1) is 35.5 Å². The van der Waals surface area contributed by atoms with Crippen molar-refractivity contribution in [2.75, 3.05) is 31.0 Å². The molecule has 164 valence electrons. The van der Waals surface area contributed by atoms with E-state index in [1.807, 2.05) is 0 Å². The Balaban J connectivity index is 1.90. The standard InChI is InChI=1S/C19H16F3N3O4S2/c1-29-16-8-12(18(21)22)14(20)7-13(16)17-11-3-2-10(31(26,27)28)6-15(11)25(9-24-17)19-23-4-5-30-19/h2-3,6-8,18H,4-5,9H2,1H3,(H,26,27,28)/p-1. The van der Waals surface area contributed by atoms with Crippen LogP contribution in [0.5, 0.6) is 5.75 Å². The van der Waals surface area contributed by atoms with Crippen LogP contribution in [-0.2, 0) is 10.1 Å². The maximum Gasteiger partial charge on any atom is 0.266 e. The highest BCUT2D eigenvalue weighted by Gasteiger charge is 2.29. The van der Waals surface area contributed by atoms with Gasteiger partial charge < -0.3 is 14.2 Å². The summed E-state index contributed by atoms with van der Waals surface area (Å²) in [5, 5.41) is 0.607. The third-order valence-electron chi connectivity index (χ3n) is 4.78. The van der Waals surface area contributed by atoms with Crippen LogP contribution in [0, 0.1) is 5.82 Å². The molecule has 0 amide bonds. The number of amidine groups is 1. The topological polar surface area (TPSA) is 94.4 Å². The number of alkyl halides is 2. The number of rotatable bonds is 4. The van der Waals surface area contributed by atoms with Crippen LogP contribution >= 0.6 is 11.8 Å². The molecule has 0 bridgehead atoms. The molecule has 31 heavy (non-hydrogen) atoms. The summed E-state index contributed by atoms with van der Waals surface area (Å²) in [6.07, 6.45) is -3.03. The molecule has 0 fully saturated rings. The maximum absolute atomic E-state index is 14.3. The number of ether oxygens (including phenoxy) is 1. The lowest BCUT2D eigenvalue weighted by Gasteiger charge is -2.30. The first kappa shape index (κ1) is 21.7. The van der Waals surface area contributed by atoms with Crippen LogP contribution in [0.2, 0.25) is 0 Å². The van der Waals surface area contributed by atoms with Gasteiger partial charge in [-0.2, -0.15) is 0 Å². The molecule has 0 unspecified atom stereocenters. The number of aliphatic imine (C=N–C) groups is 2. The lowest BCUT2D eigenvalue weighted by molar-refractivity contribution is 0.146. The number of hydrogen-bond donors (Lipinski definition) is 0. The molecule has 0 spiro atoms. The summed E-state index contributed by atoms with van der Waals surface area (Å²) >= 11 is 1.45. The molecule has 0 atom stereocenters. The summed E-state index contributed by atoms with van der Waals surface area (Å²) in [6, 6.07) is 5.55. The molecule has 0 saturated heterocycles. The van der Waals surface area contributed by atoms with Gasteiger partial charge in [-0.05, 0) is 30.3 Å². The van der Waals surface area contributed by atoms with Crippen LogP contribution in [0.25, 0.3) is 0 Å². The van der Waals surface area contributed by atoms with E-state index in [4.69, 9.17) is 4.74 Å². The van der Waals surface area contributed by atoms with Gasteiger partial charge in [-0.25, -0.2) is 21.6 Å². The molecule has 4 rings (SSSR count). The minimum atomic E-state index is -4.73. The van der Waals surface area contributed by atoms with Crippen molar-refractivity contribution in [3.63, 3.8) is 0 Å². The number of methoxy groups -OCH3 is 1. The van der Waals surface area contributed by atoms with E-state index in [9.17, 15) is 26.1 Å². The number of thioether (sulfide) groups is 1. The van der Waals surface area contributed by atoms with Crippen molar-refractivity contribution in [1.29, 1.82) is 0 Å². The molecule has 2 aliphatic rings. The number of halogens is 3. The van der Waals surface area contributed by atoms with Crippen molar-refractivity contribution in [2.45, 2.75) is 11.3 Å². The first-order chi connectivity index (χ1) is 14.7. The zero-order valence-electron chi connectivity index (χ0n) is 16.0. The Morgan fingerprint density at radius 2 is 1.97 bits per heavy atom. The Labute approximate surface area is 180 Å². The van der Waals surface area contributed by atoms with Gasteiger partial charge >= 0.3 is 0 Å². The Kier molecular flexibility index (Phi) is 5.71. The summed E-state index contributed by atoms with van der Waals surface area (Å²) in [4.78, 5) is 10.1. The normalized spacial score (nSPS) is 16.3. The molecular weight excluding hydrogens is 455 g/mol. The second-order valence-electron chi connectivity index (χ2n) is 6.60. The Morgan fingerprint density at radius 3 is 2.58 bits per heavy atom. The fourth-order valence-corrected chi connectivity index (χ4v) is 4.71. The molecule has 0 radical (unpaired) electrons. The predicted octanol–water partition coefficient (Wildman–Crippen LogP) is 3.39. The van der Waals surface area contributed by atoms with Crippen molar-refractivity contribution in [1.82, 2.24) is 0 Å². The molecule has 0 saturated carbocycles. The Bertz CT molecular complexity index is 1220. The van der Waals surface area contributed by atoms with E-state index < -0.39 is 32.8 Å². The van der Waals surface area contributed by atoms with E-state index in [0.29, 0.717) is 23.0 Å². The van der Waals surface area contributed by atoms with Crippen LogP contribution in [0.4, 0.5) is 18.9 Å². The van der Waals surface area contributed by atoms with Gasteiger partial charge in [0, 0.05) is 16.9 Å². The van der Waals surface area contributed by atoms with Gasteiger partial charge in [0.1, 0.15) is 28.4 Å². The molecule has 2 aromatic rings. The maximum atomic E-state index is 14.3. The fourth-order valence-electron chi connectivity index (χ4n) is 3.36. The van der Waals surface area contributed by atoms with Gasteiger partial charge in [-0.1, -0.05) is 11.8 Å². The molecule has 0 N–H and O–H groups in total. The molecule has 2 aromatic carbocycles. The van der Waals surface area contributed by atoms with Crippen LogP contribution in [-0.4, -0.2) is 49.9 Å². The van der Waals surface area contributed by atoms with Gasteiger partial charge in [-0.3, -0.25) is 9.98 Å². The van der Waals surface area contributed by atoms with Crippen LogP contribution < -0.4 is 9.64 Å². The molecule has 7 nitrogen and oxygen atoms in total. The summed E-state index contributed by atoms with van der Waals surface area (Å²) in [5.74, 6) is -0.388. The highest BCUT2D eigenvalue weighted by atomic mass is 32.2. The number of nitrogens with zero attached hydrogens (tertiary/aromatic N) is 3. The highest BCUT2D eigenvalue weighted by molar-refractivity contribution is 8.14. The van der Waals surface area contributed by atoms with Gasteiger partial charge in [0.15, 0.2) is 5.17 Å². The Hall–Kier alpha value is -2.57. The van der Waals surface area contributed by atoms with E-state index >= 15 is 0 Å². The SMILES string of the molecule is COc1cc(C(F)F)c(F)cc1C1=NCN(C2=NCCS2)c2cc(S(=O)(=O)[O-])ccc21.